The summed E-state index contributed by atoms with van der Waals surface area (Å²) in [6.07, 6.45) is 9.88. The van der Waals surface area contributed by atoms with Crippen LogP contribution in [0.1, 0.15) is 77.4 Å². The van der Waals surface area contributed by atoms with Gasteiger partial charge in [-0.2, -0.15) is 0 Å². The number of ether oxygens (including phenoxy) is 1. The van der Waals surface area contributed by atoms with Crippen LogP contribution in [0.5, 0.6) is 5.75 Å². The molecule has 33 heavy (non-hydrogen) atoms. The summed E-state index contributed by atoms with van der Waals surface area (Å²) in [5.41, 5.74) is 1.93. The highest BCUT2D eigenvalue weighted by Crippen LogP contribution is 2.42. The molecule has 4 nitrogen and oxygen atoms in total. The second kappa shape index (κ2) is 13.1. The molecular weight excluding hydrogens is 455 g/mol. The van der Waals surface area contributed by atoms with Gasteiger partial charge in [0.25, 0.3) is 0 Å². The van der Waals surface area contributed by atoms with Crippen molar-refractivity contribution in [2.75, 3.05) is 19.7 Å². The summed E-state index contributed by atoms with van der Waals surface area (Å²) in [4.78, 5) is 7.07. The largest absolute Gasteiger partial charge is 0.494 e. The summed E-state index contributed by atoms with van der Waals surface area (Å²) >= 11 is 0. The van der Waals surface area contributed by atoms with Crippen molar-refractivity contribution >= 4 is 35.7 Å². The van der Waals surface area contributed by atoms with E-state index < -0.39 is 6.10 Å². The normalized spacial score (nSPS) is 24.9. The number of aliphatic hydroxyl groups is 1. The van der Waals surface area contributed by atoms with Crippen LogP contribution in [0, 0.1) is 17.8 Å². The first kappa shape index (κ1) is 28.2. The van der Waals surface area contributed by atoms with Crippen LogP contribution in [0.15, 0.2) is 30.5 Å². The number of hydrogen-bond donors (Lipinski definition) is 1. The SMILES string of the molecule is CC[C@H]1CN2CC[C@H]1C[C@@H]2[C@H](O)c1ccnc2ccc(OCCCCCC(C)C)cc12.Cl.Cl. The van der Waals surface area contributed by atoms with Gasteiger partial charge < -0.3 is 9.84 Å². The molecule has 3 aliphatic rings. The lowest BCUT2D eigenvalue weighted by Gasteiger charge is -2.51. The Bertz CT molecular complexity index is 863. The zero-order valence-corrected chi connectivity index (χ0v) is 22.0. The Labute approximate surface area is 212 Å². The predicted octanol–water partition coefficient (Wildman–Crippen LogP) is 6.83. The second-order valence-corrected chi connectivity index (χ2v) is 10.1. The quantitative estimate of drug-likeness (QED) is 0.366. The molecule has 186 valence electrons. The summed E-state index contributed by atoms with van der Waals surface area (Å²) < 4.78 is 6.06. The number of halogens is 2. The Morgan fingerprint density at radius 3 is 2.67 bits per heavy atom. The van der Waals surface area contributed by atoms with Gasteiger partial charge in [0, 0.05) is 24.2 Å². The molecule has 0 spiro atoms. The van der Waals surface area contributed by atoms with Crippen LogP contribution in [0.25, 0.3) is 10.9 Å². The highest BCUT2D eigenvalue weighted by molar-refractivity contribution is 5.85. The zero-order valence-electron chi connectivity index (χ0n) is 20.4. The van der Waals surface area contributed by atoms with Crippen LogP contribution in [-0.4, -0.2) is 40.7 Å². The molecular formula is C27H42Cl2N2O2. The molecule has 3 aliphatic heterocycles. The van der Waals surface area contributed by atoms with Crippen molar-refractivity contribution in [3.05, 3.63) is 36.0 Å². The van der Waals surface area contributed by atoms with E-state index in [0.29, 0.717) is 0 Å². The number of aromatic nitrogens is 1. The van der Waals surface area contributed by atoms with Crippen molar-refractivity contribution in [2.45, 2.75) is 77.9 Å². The number of nitrogens with zero attached hydrogens (tertiary/aromatic N) is 2. The third-order valence-corrected chi connectivity index (χ3v) is 7.58. The molecule has 4 heterocycles. The molecule has 5 atom stereocenters. The number of fused-ring (bicyclic) bond motifs is 4. The molecule has 3 fully saturated rings. The number of benzene rings is 1. The average Bonchev–Trinajstić information content (AvgIpc) is 2.80. The fraction of sp³-hybridized carbons (Fsp3) is 0.667. The topological polar surface area (TPSA) is 45.6 Å². The summed E-state index contributed by atoms with van der Waals surface area (Å²) in [7, 11) is 0. The third kappa shape index (κ3) is 6.75. The molecule has 5 rings (SSSR count). The van der Waals surface area contributed by atoms with E-state index in [2.05, 4.69) is 36.7 Å². The number of unbranched alkanes of at least 4 members (excludes halogenated alkanes) is 2. The molecule has 0 saturated carbocycles. The smallest absolute Gasteiger partial charge is 0.120 e. The average molecular weight is 498 g/mol. The Morgan fingerprint density at radius 2 is 1.97 bits per heavy atom. The Kier molecular flexibility index (Phi) is 11.2. The number of rotatable bonds is 10. The van der Waals surface area contributed by atoms with E-state index in [1.807, 2.05) is 24.4 Å². The standard InChI is InChI=1S/C27H40N2O2.2ClH/c1-4-20-18-29-14-12-21(20)16-26(29)27(30)23-11-13-28-25-10-9-22(17-24(23)25)31-15-7-5-6-8-19(2)3;;/h9-11,13,17,19-21,26-27,30H,4-8,12,14-16,18H2,1-3H3;2*1H/t20-,21-,26+,27+;;/m0../s1. The predicted molar refractivity (Wildman–Crippen MR) is 142 cm³/mol. The summed E-state index contributed by atoms with van der Waals surface area (Å²) in [5.74, 6) is 3.22. The van der Waals surface area contributed by atoms with Crippen LogP contribution >= 0.6 is 24.8 Å². The Balaban J connectivity index is 0.00000193. The molecule has 6 heteroatoms. The monoisotopic (exact) mass is 496 g/mol. The number of aliphatic hydroxyl groups excluding tert-OH is 1. The third-order valence-electron chi connectivity index (χ3n) is 7.58. The minimum atomic E-state index is -0.475. The molecule has 1 aromatic heterocycles. The van der Waals surface area contributed by atoms with Crippen molar-refractivity contribution in [1.29, 1.82) is 0 Å². The van der Waals surface area contributed by atoms with Crippen LogP contribution in [0.2, 0.25) is 0 Å². The molecule has 0 amide bonds. The van der Waals surface area contributed by atoms with Crippen molar-refractivity contribution in [3.63, 3.8) is 0 Å². The van der Waals surface area contributed by atoms with Crippen molar-refractivity contribution < 1.29 is 9.84 Å². The molecule has 0 aliphatic carbocycles. The van der Waals surface area contributed by atoms with Gasteiger partial charge in [-0.25, -0.2) is 0 Å². The van der Waals surface area contributed by atoms with E-state index in [0.717, 1.165) is 72.5 Å². The molecule has 1 aromatic carbocycles. The van der Waals surface area contributed by atoms with Crippen LogP contribution in [-0.2, 0) is 0 Å². The van der Waals surface area contributed by atoms with Gasteiger partial charge in [0.15, 0.2) is 0 Å². The highest BCUT2D eigenvalue weighted by atomic mass is 35.5. The minimum absolute atomic E-state index is 0. The fourth-order valence-electron chi connectivity index (χ4n) is 5.69. The van der Waals surface area contributed by atoms with Gasteiger partial charge >= 0.3 is 0 Å². The van der Waals surface area contributed by atoms with Gasteiger partial charge in [0.2, 0.25) is 0 Å². The maximum atomic E-state index is 11.4. The molecule has 3 saturated heterocycles. The molecule has 1 unspecified atom stereocenters. The second-order valence-electron chi connectivity index (χ2n) is 10.1. The maximum absolute atomic E-state index is 11.4. The zero-order chi connectivity index (χ0) is 21.8. The van der Waals surface area contributed by atoms with Crippen LogP contribution < -0.4 is 4.74 Å². The van der Waals surface area contributed by atoms with E-state index >= 15 is 0 Å². The molecule has 1 N–H and O–H groups in total. The van der Waals surface area contributed by atoms with Crippen molar-refractivity contribution in [3.8, 4) is 5.75 Å². The lowest BCUT2D eigenvalue weighted by atomic mass is 9.72. The van der Waals surface area contributed by atoms with Gasteiger partial charge in [-0.05, 0) is 73.4 Å². The molecule has 2 aromatic rings. The Hall–Kier alpha value is -1.07. The number of piperidine rings is 3. The van der Waals surface area contributed by atoms with Gasteiger partial charge in [0.1, 0.15) is 5.75 Å². The summed E-state index contributed by atoms with van der Waals surface area (Å²) in [6, 6.07) is 8.35. The first-order chi connectivity index (χ1) is 15.1. The first-order valence-corrected chi connectivity index (χ1v) is 12.5. The maximum Gasteiger partial charge on any atom is 0.120 e. The van der Waals surface area contributed by atoms with E-state index in [9.17, 15) is 5.11 Å². The van der Waals surface area contributed by atoms with E-state index in [4.69, 9.17) is 4.74 Å². The van der Waals surface area contributed by atoms with Crippen molar-refractivity contribution in [1.82, 2.24) is 9.88 Å². The van der Waals surface area contributed by atoms with Crippen LogP contribution in [0.3, 0.4) is 0 Å². The minimum Gasteiger partial charge on any atom is -0.494 e. The van der Waals surface area contributed by atoms with Crippen molar-refractivity contribution in [2.24, 2.45) is 17.8 Å². The number of hydrogen-bond acceptors (Lipinski definition) is 4. The lowest BCUT2D eigenvalue weighted by Crippen LogP contribution is -2.55. The fourth-order valence-corrected chi connectivity index (χ4v) is 5.69. The molecule has 2 bridgehead atoms. The Morgan fingerprint density at radius 1 is 1.15 bits per heavy atom. The first-order valence-electron chi connectivity index (χ1n) is 12.5. The van der Waals surface area contributed by atoms with E-state index in [1.165, 1.54) is 32.1 Å². The lowest BCUT2D eigenvalue weighted by molar-refractivity contribution is -0.0562. The highest BCUT2D eigenvalue weighted by Gasteiger charge is 2.42. The van der Waals surface area contributed by atoms with Gasteiger partial charge in [-0.3, -0.25) is 9.88 Å². The van der Waals surface area contributed by atoms with Gasteiger partial charge in [-0.1, -0.05) is 46.5 Å². The van der Waals surface area contributed by atoms with Gasteiger partial charge in [-0.15, -0.1) is 24.8 Å². The van der Waals surface area contributed by atoms with E-state index in [1.54, 1.807) is 0 Å². The molecule has 0 radical (unpaired) electrons. The van der Waals surface area contributed by atoms with E-state index in [-0.39, 0.29) is 30.9 Å². The summed E-state index contributed by atoms with van der Waals surface area (Å²) in [5, 5.41) is 12.5. The number of pyridine rings is 1. The summed E-state index contributed by atoms with van der Waals surface area (Å²) in [6.45, 7) is 9.87. The van der Waals surface area contributed by atoms with Gasteiger partial charge in [0.05, 0.1) is 18.2 Å². The van der Waals surface area contributed by atoms with Crippen LogP contribution in [0.4, 0.5) is 0 Å².